The largest absolute Gasteiger partial charge is 0.424 e. The average Bonchev–Trinajstić information content (AvgIpc) is 2.60. The molecule has 0 spiro atoms. The summed E-state index contributed by atoms with van der Waals surface area (Å²) in [4.78, 5) is 22.4. The number of nitrogens with zero attached hydrogens (tertiary/aromatic N) is 3. The monoisotopic (exact) mass is 381 g/mol. The van der Waals surface area contributed by atoms with E-state index in [2.05, 4.69) is 9.97 Å². The summed E-state index contributed by atoms with van der Waals surface area (Å²) in [5, 5.41) is 0.658. The second-order valence-corrected chi connectivity index (χ2v) is 6.64. The molecule has 0 bridgehead atoms. The first-order valence-electron chi connectivity index (χ1n) is 7.67. The molecule has 1 aromatic carbocycles. The lowest BCUT2D eigenvalue weighted by Crippen LogP contribution is -2.57. The van der Waals surface area contributed by atoms with Crippen LogP contribution in [-0.2, 0) is 4.79 Å². The van der Waals surface area contributed by atoms with Gasteiger partial charge in [0.15, 0.2) is 5.82 Å². The summed E-state index contributed by atoms with van der Waals surface area (Å²) >= 11 is 12.2. The van der Waals surface area contributed by atoms with E-state index in [9.17, 15) is 4.79 Å². The summed E-state index contributed by atoms with van der Waals surface area (Å²) in [6, 6.07) is 6.77. The lowest BCUT2D eigenvalue weighted by molar-refractivity contribution is -0.141. The molecule has 1 saturated heterocycles. The normalized spacial score (nSPS) is 16.5. The van der Waals surface area contributed by atoms with Crippen LogP contribution in [0.15, 0.2) is 30.6 Å². The van der Waals surface area contributed by atoms with E-state index in [-0.39, 0.29) is 5.82 Å². The molecule has 0 amide bonds. The van der Waals surface area contributed by atoms with Crippen LogP contribution in [0, 0.1) is 0 Å². The molecule has 3 rings (SSSR count). The van der Waals surface area contributed by atoms with Crippen molar-refractivity contribution in [2.45, 2.75) is 18.4 Å². The van der Waals surface area contributed by atoms with Crippen molar-refractivity contribution in [1.82, 2.24) is 9.97 Å². The SMILES string of the molecule is Nc1ncnc(N2CCC(N)(C(=O)Oc3ccccc3Cl)CC2)c1Cl. The Morgan fingerprint density at radius 3 is 2.56 bits per heavy atom. The first-order chi connectivity index (χ1) is 11.9. The number of para-hydroxylation sites is 1. The molecule has 7 nitrogen and oxygen atoms in total. The molecule has 2 aromatic rings. The zero-order valence-electron chi connectivity index (χ0n) is 13.3. The molecule has 0 aliphatic carbocycles. The number of hydrogen-bond acceptors (Lipinski definition) is 7. The summed E-state index contributed by atoms with van der Waals surface area (Å²) in [5.74, 6) is 0.548. The van der Waals surface area contributed by atoms with Gasteiger partial charge in [-0.2, -0.15) is 0 Å². The van der Waals surface area contributed by atoms with Gasteiger partial charge >= 0.3 is 5.97 Å². The van der Waals surface area contributed by atoms with Crippen molar-refractivity contribution in [2.24, 2.45) is 5.73 Å². The maximum Gasteiger partial charge on any atom is 0.331 e. The van der Waals surface area contributed by atoms with E-state index >= 15 is 0 Å². The van der Waals surface area contributed by atoms with Gasteiger partial charge in [0.25, 0.3) is 0 Å². The van der Waals surface area contributed by atoms with Crippen LogP contribution >= 0.6 is 23.2 Å². The maximum absolute atomic E-state index is 12.5. The highest BCUT2D eigenvalue weighted by atomic mass is 35.5. The predicted octanol–water partition coefficient (Wildman–Crippen LogP) is 2.27. The number of halogens is 2. The van der Waals surface area contributed by atoms with Gasteiger partial charge in [-0.1, -0.05) is 35.3 Å². The minimum atomic E-state index is -1.10. The number of benzene rings is 1. The van der Waals surface area contributed by atoms with Crippen molar-refractivity contribution in [3.8, 4) is 5.75 Å². The molecule has 0 atom stereocenters. The number of carbonyl (C=O) groups is 1. The Morgan fingerprint density at radius 1 is 1.20 bits per heavy atom. The van der Waals surface area contributed by atoms with Crippen molar-refractivity contribution in [1.29, 1.82) is 0 Å². The predicted molar refractivity (Wildman–Crippen MR) is 96.9 cm³/mol. The van der Waals surface area contributed by atoms with Crippen LogP contribution in [-0.4, -0.2) is 34.6 Å². The van der Waals surface area contributed by atoms with Gasteiger partial charge in [0.05, 0.1) is 5.02 Å². The highest BCUT2D eigenvalue weighted by Gasteiger charge is 2.40. The Bertz CT molecular complexity index is 794. The molecule has 9 heteroatoms. The van der Waals surface area contributed by atoms with E-state index in [1.165, 1.54) is 6.33 Å². The number of hydrogen-bond donors (Lipinski definition) is 2. The summed E-state index contributed by atoms with van der Waals surface area (Å²) in [6.07, 6.45) is 2.12. The zero-order valence-corrected chi connectivity index (χ0v) is 14.8. The van der Waals surface area contributed by atoms with Gasteiger partial charge < -0.3 is 21.1 Å². The van der Waals surface area contributed by atoms with Crippen molar-refractivity contribution in [3.05, 3.63) is 40.6 Å². The lowest BCUT2D eigenvalue weighted by Gasteiger charge is -2.38. The van der Waals surface area contributed by atoms with Gasteiger partial charge in [-0.25, -0.2) is 14.8 Å². The molecule has 1 aliphatic heterocycles. The molecule has 0 radical (unpaired) electrons. The van der Waals surface area contributed by atoms with Crippen LogP contribution in [0.25, 0.3) is 0 Å². The number of nitrogen functional groups attached to an aromatic ring is 1. The van der Waals surface area contributed by atoms with E-state index in [1.807, 2.05) is 4.90 Å². The van der Waals surface area contributed by atoms with Crippen LogP contribution in [0.4, 0.5) is 11.6 Å². The molecule has 1 aliphatic rings. The standard InChI is InChI=1S/C16H17Cl2N5O2/c17-10-3-1-2-4-11(10)25-15(24)16(20)5-7-23(8-6-16)14-12(18)13(19)21-9-22-14/h1-4,9H,5-8,20H2,(H2,19,21,22). The average molecular weight is 382 g/mol. The van der Waals surface area contributed by atoms with Crippen molar-refractivity contribution in [3.63, 3.8) is 0 Å². The van der Waals surface area contributed by atoms with Crippen molar-refractivity contribution >= 4 is 40.8 Å². The Kier molecular flexibility index (Phi) is 4.99. The van der Waals surface area contributed by atoms with E-state index in [1.54, 1.807) is 24.3 Å². The third kappa shape index (κ3) is 3.63. The van der Waals surface area contributed by atoms with Crippen LogP contribution in [0.2, 0.25) is 10.0 Å². The van der Waals surface area contributed by atoms with Gasteiger partial charge in [0.1, 0.15) is 28.5 Å². The lowest BCUT2D eigenvalue weighted by atomic mass is 9.88. The molecule has 1 fully saturated rings. The third-order valence-electron chi connectivity index (χ3n) is 4.20. The number of esters is 1. The molecule has 0 unspecified atom stereocenters. The molecule has 25 heavy (non-hydrogen) atoms. The topological polar surface area (TPSA) is 107 Å². The highest BCUT2D eigenvalue weighted by Crippen LogP contribution is 2.32. The number of ether oxygens (including phenoxy) is 1. The third-order valence-corrected chi connectivity index (χ3v) is 4.87. The first-order valence-corrected chi connectivity index (χ1v) is 8.43. The quantitative estimate of drug-likeness (QED) is 0.619. The van der Waals surface area contributed by atoms with Crippen LogP contribution in [0.3, 0.4) is 0 Å². The number of aromatic nitrogens is 2. The van der Waals surface area contributed by atoms with Gasteiger partial charge in [-0.3, -0.25) is 0 Å². The van der Waals surface area contributed by atoms with E-state index in [0.29, 0.717) is 47.5 Å². The molecule has 132 valence electrons. The Morgan fingerprint density at radius 2 is 1.88 bits per heavy atom. The van der Waals surface area contributed by atoms with Gasteiger partial charge in [-0.05, 0) is 25.0 Å². The van der Waals surface area contributed by atoms with Gasteiger partial charge in [-0.15, -0.1) is 0 Å². The second-order valence-electron chi connectivity index (χ2n) is 5.86. The highest BCUT2D eigenvalue weighted by molar-refractivity contribution is 6.35. The van der Waals surface area contributed by atoms with Crippen LogP contribution < -0.4 is 21.1 Å². The van der Waals surface area contributed by atoms with Crippen LogP contribution in [0.1, 0.15) is 12.8 Å². The van der Waals surface area contributed by atoms with Crippen molar-refractivity contribution in [2.75, 3.05) is 23.7 Å². The van der Waals surface area contributed by atoms with E-state index in [4.69, 9.17) is 39.4 Å². The second kappa shape index (κ2) is 7.03. The number of nitrogens with two attached hydrogens (primary N) is 2. The van der Waals surface area contributed by atoms with E-state index in [0.717, 1.165) is 0 Å². The zero-order chi connectivity index (χ0) is 18.0. The molecule has 0 saturated carbocycles. The summed E-state index contributed by atoms with van der Waals surface area (Å²) < 4.78 is 5.39. The van der Waals surface area contributed by atoms with Crippen molar-refractivity contribution < 1.29 is 9.53 Å². The molecular weight excluding hydrogens is 365 g/mol. The fourth-order valence-electron chi connectivity index (χ4n) is 2.64. The fraction of sp³-hybridized carbons (Fsp3) is 0.312. The Labute approximate surface area is 154 Å². The summed E-state index contributed by atoms with van der Waals surface area (Å²) in [6.45, 7) is 0.981. The smallest absolute Gasteiger partial charge is 0.331 e. The maximum atomic E-state index is 12.5. The van der Waals surface area contributed by atoms with Gasteiger partial charge in [0.2, 0.25) is 0 Å². The molecule has 4 N–H and O–H groups in total. The fourth-order valence-corrected chi connectivity index (χ4v) is 3.04. The minimum absolute atomic E-state index is 0.217. The van der Waals surface area contributed by atoms with E-state index < -0.39 is 11.5 Å². The Balaban J connectivity index is 1.69. The number of carbonyl (C=O) groups excluding carboxylic acids is 1. The molecule has 2 heterocycles. The summed E-state index contributed by atoms with van der Waals surface area (Å²) in [5.41, 5.74) is 10.9. The number of piperidine rings is 1. The Hall–Kier alpha value is -2.09. The van der Waals surface area contributed by atoms with Gasteiger partial charge in [0, 0.05) is 13.1 Å². The first kappa shape index (κ1) is 17.7. The summed E-state index contributed by atoms with van der Waals surface area (Å²) in [7, 11) is 0. The molecular formula is C16H17Cl2N5O2. The number of rotatable bonds is 3. The molecule has 1 aromatic heterocycles. The van der Waals surface area contributed by atoms with Crippen LogP contribution in [0.5, 0.6) is 5.75 Å². The minimum Gasteiger partial charge on any atom is -0.424 e. The number of anilines is 2.